The number of ether oxygens (including phenoxy) is 1. The van der Waals surface area contributed by atoms with Crippen LogP contribution in [-0.2, 0) is 4.79 Å². The van der Waals surface area contributed by atoms with Crippen molar-refractivity contribution in [2.24, 2.45) is 0 Å². The molecule has 0 spiro atoms. The van der Waals surface area contributed by atoms with Crippen molar-refractivity contribution in [3.05, 3.63) is 94.8 Å². The minimum Gasteiger partial charge on any atom is -0.457 e. The van der Waals surface area contributed by atoms with E-state index in [9.17, 15) is 9.59 Å². The van der Waals surface area contributed by atoms with Gasteiger partial charge in [0, 0.05) is 23.3 Å². The van der Waals surface area contributed by atoms with Crippen LogP contribution in [0.15, 0.2) is 88.8 Å². The molecule has 2 heterocycles. The molecule has 1 N–H and O–H groups in total. The van der Waals surface area contributed by atoms with Gasteiger partial charge in [0.05, 0.1) is 11.3 Å². The molecule has 182 valence electrons. The molecule has 1 atom stereocenters. The monoisotopic (exact) mass is 499 g/mol. The highest BCUT2D eigenvalue weighted by Gasteiger charge is 2.44. The Morgan fingerprint density at radius 2 is 1.81 bits per heavy atom. The topological polar surface area (TPSA) is 79.2 Å². The van der Waals surface area contributed by atoms with Crippen LogP contribution in [-0.4, -0.2) is 21.7 Å². The molecule has 0 unspecified atom stereocenters. The fraction of sp³-hybridized carbons (Fsp3) is 0.214. The second kappa shape index (κ2) is 10.4. The molecule has 0 fully saturated rings. The van der Waals surface area contributed by atoms with Gasteiger partial charge in [-0.25, -0.2) is 4.90 Å². The van der Waals surface area contributed by atoms with Crippen molar-refractivity contribution >= 4 is 23.4 Å². The Bertz CT molecular complexity index is 1450. The Balaban J connectivity index is 1.67. The molecule has 0 bridgehead atoms. The largest absolute Gasteiger partial charge is 0.457 e. The van der Waals surface area contributed by atoms with Crippen LogP contribution in [0, 0.1) is 0 Å². The van der Waals surface area contributed by atoms with Crippen molar-refractivity contribution in [1.82, 2.24) is 10.1 Å². The van der Waals surface area contributed by atoms with E-state index in [0.29, 0.717) is 33.6 Å². The number of nitrogens with one attached hydrogen (secondary N) is 1. The number of aromatic nitrogens is 3. The molecule has 1 aliphatic heterocycles. The summed E-state index contributed by atoms with van der Waals surface area (Å²) in [6.45, 7) is 3.66. The van der Waals surface area contributed by atoms with Gasteiger partial charge in [0.25, 0.3) is 6.17 Å². The zero-order chi connectivity index (χ0) is 25.1. The van der Waals surface area contributed by atoms with Crippen LogP contribution < -0.4 is 19.9 Å². The van der Waals surface area contributed by atoms with Gasteiger partial charge in [-0.05, 0) is 53.6 Å². The summed E-state index contributed by atoms with van der Waals surface area (Å²) in [6, 6.07) is 24.5. The maximum atomic E-state index is 13.4. The van der Waals surface area contributed by atoms with Crippen LogP contribution in [0.4, 0.5) is 5.69 Å². The Hall–Kier alpha value is -3.91. The van der Waals surface area contributed by atoms with Crippen molar-refractivity contribution in [1.29, 1.82) is 0 Å². The highest BCUT2D eigenvalue weighted by atomic mass is 32.2. The number of hydrogen-bond acceptors (Lipinski definition) is 5. The Kier molecular flexibility index (Phi) is 6.86. The number of rotatable bonds is 7. The SMILES string of the molecule is CCCCSc1n[n+]2c(c(=O)[nH]1)-c1ccccc1N(C(C)=O)[C@H]2c1cccc(Oc2ccccc2)c1. The van der Waals surface area contributed by atoms with Gasteiger partial charge in [0.2, 0.25) is 11.1 Å². The Morgan fingerprint density at radius 3 is 2.58 bits per heavy atom. The zero-order valence-corrected chi connectivity index (χ0v) is 21.0. The van der Waals surface area contributed by atoms with Crippen LogP contribution in [0.2, 0.25) is 0 Å². The minimum atomic E-state index is -0.653. The van der Waals surface area contributed by atoms with E-state index in [4.69, 9.17) is 9.84 Å². The molecule has 7 nitrogen and oxygen atoms in total. The molecule has 5 rings (SSSR count). The molecule has 8 heteroatoms. The summed E-state index contributed by atoms with van der Waals surface area (Å²) >= 11 is 1.51. The van der Waals surface area contributed by atoms with Crippen molar-refractivity contribution in [3.63, 3.8) is 0 Å². The third-order valence-corrected chi connectivity index (χ3v) is 6.92. The average Bonchev–Trinajstić information content (AvgIpc) is 2.88. The lowest BCUT2D eigenvalue weighted by Crippen LogP contribution is -2.60. The first-order valence-electron chi connectivity index (χ1n) is 12.0. The van der Waals surface area contributed by atoms with Gasteiger partial charge in [-0.2, -0.15) is 0 Å². The summed E-state index contributed by atoms with van der Waals surface area (Å²) < 4.78 is 7.75. The maximum absolute atomic E-state index is 13.4. The van der Waals surface area contributed by atoms with Crippen LogP contribution in [0.3, 0.4) is 0 Å². The van der Waals surface area contributed by atoms with Gasteiger partial charge in [0.15, 0.2) is 0 Å². The number of fused-ring (bicyclic) bond motifs is 3. The molecule has 36 heavy (non-hydrogen) atoms. The average molecular weight is 500 g/mol. The summed E-state index contributed by atoms with van der Waals surface area (Å²) in [5, 5.41) is 5.37. The summed E-state index contributed by atoms with van der Waals surface area (Å²) in [5.74, 6) is 2.04. The fourth-order valence-electron chi connectivity index (χ4n) is 4.35. The van der Waals surface area contributed by atoms with Crippen molar-refractivity contribution < 1.29 is 14.2 Å². The number of carbonyl (C=O) groups excluding carboxylic acids is 1. The summed E-state index contributed by atoms with van der Waals surface area (Å²) in [5.41, 5.74) is 2.30. The maximum Gasteiger partial charge on any atom is 0.325 e. The number of unbranched alkanes of at least 4 members (excludes halogenated alkanes) is 1. The second-order valence-corrected chi connectivity index (χ2v) is 9.61. The predicted octanol–water partition coefficient (Wildman–Crippen LogP) is 5.32. The van der Waals surface area contributed by atoms with Gasteiger partial charge >= 0.3 is 11.3 Å². The number of para-hydroxylation sites is 2. The van der Waals surface area contributed by atoms with Gasteiger partial charge in [-0.1, -0.05) is 61.5 Å². The van der Waals surface area contributed by atoms with Gasteiger partial charge in [-0.15, -0.1) is 0 Å². The highest BCUT2D eigenvalue weighted by molar-refractivity contribution is 7.99. The van der Waals surface area contributed by atoms with Crippen molar-refractivity contribution in [2.75, 3.05) is 10.7 Å². The van der Waals surface area contributed by atoms with Crippen molar-refractivity contribution in [3.8, 4) is 22.8 Å². The molecule has 0 saturated heterocycles. The number of thioether (sulfide) groups is 1. The number of H-pyrrole nitrogens is 1. The Labute approximate surface area is 213 Å². The summed E-state index contributed by atoms with van der Waals surface area (Å²) in [6.07, 6.45) is 1.41. The standard InChI is InChI=1S/C28H26N4O3S/c1-3-4-17-36-28-29-26(34)25-23-15-8-9-16-24(23)31(19(2)33)27(32(25)30-28)20-11-10-14-22(18-20)35-21-12-6-5-7-13-21/h5-16,18,27H,3-4,17H2,1-2H3/p+1/t27-/m1/s1. The fourth-order valence-corrected chi connectivity index (χ4v) is 5.29. The summed E-state index contributed by atoms with van der Waals surface area (Å²) in [7, 11) is 0. The first-order valence-corrected chi connectivity index (χ1v) is 13.0. The number of aromatic amines is 1. The lowest BCUT2D eigenvalue weighted by molar-refractivity contribution is -0.763. The molecular weight excluding hydrogens is 472 g/mol. The van der Waals surface area contributed by atoms with E-state index < -0.39 is 6.17 Å². The first-order chi connectivity index (χ1) is 17.6. The van der Waals surface area contributed by atoms with E-state index in [1.54, 1.807) is 9.58 Å². The molecule has 4 aromatic rings. The van der Waals surface area contributed by atoms with Gasteiger partial charge < -0.3 is 4.74 Å². The van der Waals surface area contributed by atoms with E-state index in [2.05, 4.69) is 11.9 Å². The van der Waals surface area contributed by atoms with Crippen LogP contribution >= 0.6 is 11.8 Å². The van der Waals surface area contributed by atoms with E-state index in [-0.39, 0.29) is 11.5 Å². The van der Waals surface area contributed by atoms with E-state index in [1.165, 1.54) is 18.7 Å². The molecule has 1 aromatic heterocycles. The normalized spacial score (nSPS) is 14.2. The molecule has 1 aliphatic rings. The third kappa shape index (κ3) is 4.64. The van der Waals surface area contributed by atoms with Crippen LogP contribution in [0.1, 0.15) is 38.4 Å². The number of nitrogens with zero attached hydrogens (tertiary/aromatic N) is 3. The van der Waals surface area contributed by atoms with E-state index in [0.717, 1.165) is 24.2 Å². The summed E-state index contributed by atoms with van der Waals surface area (Å²) in [4.78, 5) is 31.1. The number of amides is 1. The predicted molar refractivity (Wildman–Crippen MR) is 140 cm³/mol. The molecule has 0 saturated carbocycles. The number of carbonyl (C=O) groups is 1. The van der Waals surface area contributed by atoms with E-state index in [1.807, 2.05) is 78.9 Å². The number of benzene rings is 3. The van der Waals surface area contributed by atoms with Gasteiger partial charge in [0.1, 0.15) is 11.5 Å². The Morgan fingerprint density at radius 1 is 1.06 bits per heavy atom. The number of hydrogen-bond donors (Lipinski definition) is 1. The zero-order valence-electron chi connectivity index (χ0n) is 20.2. The molecule has 0 radical (unpaired) electrons. The lowest BCUT2D eigenvalue weighted by Gasteiger charge is -2.31. The minimum absolute atomic E-state index is 0.151. The molecule has 0 aliphatic carbocycles. The molecule has 3 aromatic carbocycles. The quantitative estimate of drug-likeness (QED) is 0.211. The third-order valence-electron chi connectivity index (χ3n) is 5.97. The van der Waals surface area contributed by atoms with Crippen molar-refractivity contribution in [2.45, 2.75) is 38.0 Å². The van der Waals surface area contributed by atoms with E-state index >= 15 is 0 Å². The lowest BCUT2D eigenvalue weighted by atomic mass is 10.0. The van der Waals surface area contributed by atoms with Crippen LogP contribution in [0.5, 0.6) is 11.5 Å². The molecular formula is C28H27N4O3S+. The van der Waals surface area contributed by atoms with Gasteiger partial charge in [-0.3, -0.25) is 14.6 Å². The second-order valence-electron chi connectivity index (χ2n) is 8.52. The smallest absolute Gasteiger partial charge is 0.325 e. The molecule has 1 amide bonds. The highest BCUT2D eigenvalue weighted by Crippen LogP contribution is 2.38. The first kappa shape index (κ1) is 23.8. The van der Waals surface area contributed by atoms with Crippen LogP contribution in [0.25, 0.3) is 11.3 Å². The number of anilines is 1.